The predicted molar refractivity (Wildman–Crippen MR) is 155 cm³/mol. The topological polar surface area (TPSA) is 88.2 Å². The summed E-state index contributed by atoms with van der Waals surface area (Å²) in [5.74, 6) is 0.316. The number of sulfonamides is 1. The molecule has 13 heteroatoms. The summed E-state index contributed by atoms with van der Waals surface area (Å²) in [5, 5.41) is 3.61. The van der Waals surface area contributed by atoms with Crippen molar-refractivity contribution < 1.29 is 35.9 Å². The largest absolute Gasteiger partial charge is 0.573 e. The summed E-state index contributed by atoms with van der Waals surface area (Å²) in [6, 6.07) is 12.4. The molecule has 0 aromatic heterocycles. The van der Waals surface area contributed by atoms with Gasteiger partial charge in [-0.2, -0.15) is 4.31 Å². The number of benzene rings is 2. The predicted octanol–water partition coefficient (Wildman–Crippen LogP) is 5.49. The second-order valence-electron chi connectivity index (χ2n) is 10.8. The maximum absolute atomic E-state index is 12.6. The van der Waals surface area contributed by atoms with Crippen LogP contribution in [0.1, 0.15) is 43.7 Å². The van der Waals surface area contributed by atoms with E-state index in [4.69, 9.17) is 16.3 Å². The zero-order valence-electron chi connectivity index (χ0n) is 24.1. The van der Waals surface area contributed by atoms with Crippen LogP contribution in [-0.4, -0.2) is 77.3 Å². The van der Waals surface area contributed by atoms with Gasteiger partial charge >= 0.3 is 6.36 Å². The fourth-order valence-corrected chi connectivity index (χ4v) is 6.66. The molecule has 0 bridgehead atoms. The van der Waals surface area contributed by atoms with Crippen molar-refractivity contribution in [2.75, 3.05) is 47.4 Å². The number of carbonyl (C=O) groups is 1. The fourth-order valence-electron chi connectivity index (χ4n) is 5.38. The maximum Gasteiger partial charge on any atom is 0.573 e. The summed E-state index contributed by atoms with van der Waals surface area (Å²) in [5.41, 5.74) is 1.28. The number of carbonyl (C=O) groups excluding carboxylic acids is 1. The van der Waals surface area contributed by atoms with Crippen LogP contribution < -0.4 is 10.1 Å². The Morgan fingerprint density at radius 3 is 2.21 bits per heavy atom. The molecule has 0 spiro atoms. The Morgan fingerprint density at radius 2 is 1.64 bits per heavy atom. The van der Waals surface area contributed by atoms with Gasteiger partial charge in [0.25, 0.3) is 0 Å². The molecule has 8 nitrogen and oxygen atoms in total. The molecule has 1 amide bonds. The van der Waals surface area contributed by atoms with Crippen molar-refractivity contribution in [2.45, 2.75) is 49.4 Å². The van der Waals surface area contributed by atoms with Gasteiger partial charge in [0.05, 0.1) is 11.5 Å². The molecule has 1 aliphatic carbocycles. The van der Waals surface area contributed by atoms with E-state index < -0.39 is 22.1 Å². The lowest BCUT2D eigenvalue weighted by Gasteiger charge is -2.37. The standard InChI is InChI=1S/C29H39ClF3N3O5S/c1-35(2)28(23-8-10-24(30)11-9-23)22-6-4-21(5-7-22)16-17-34-27(37)20-40-19-18-36(3)42(38,39)26-14-12-25(13-15-26)41-29(31,32)33/h8-15,21-22,28H,4-7,16-20H2,1-3H3,(H,34,37). The number of hydrogen-bond acceptors (Lipinski definition) is 6. The first-order valence-corrected chi connectivity index (χ1v) is 15.7. The molecule has 0 heterocycles. The minimum absolute atomic E-state index is 0.0247. The summed E-state index contributed by atoms with van der Waals surface area (Å²) in [6.45, 7) is 0.288. The van der Waals surface area contributed by atoms with Crippen LogP contribution in [0.25, 0.3) is 0 Å². The van der Waals surface area contributed by atoms with Crippen LogP contribution in [0.5, 0.6) is 5.75 Å². The minimum Gasteiger partial charge on any atom is -0.406 e. The molecule has 1 fully saturated rings. The summed E-state index contributed by atoms with van der Waals surface area (Å²) in [4.78, 5) is 14.3. The Labute approximate surface area is 251 Å². The Hall–Kier alpha value is -2.38. The normalized spacial score (nSPS) is 18.7. The van der Waals surface area contributed by atoms with Crippen molar-refractivity contribution in [3.8, 4) is 5.75 Å². The highest BCUT2D eigenvalue weighted by Crippen LogP contribution is 2.40. The third-order valence-electron chi connectivity index (χ3n) is 7.53. The average Bonchev–Trinajstić information content (AvgIpc) is 2.92. The number of halogens is 4. The number of alkyl halides is 3. The Kier molecular flexibility index (Phi) is 12.5. The summed E-state index contributed by atoms with van der Waals surface area (Å²) in [7, 11) is 1.59. The van der Waals surface area contributed by atoms with E-state index in [0.29, 0.717) is 24.4 Å². The highest BCUT2D eigenvalue weighted by Gasteiger charge is 2.32. The molecule has 1 unspecified atom stereocenters. The molecule has 1 aliphatic rings. The zero-order chi connectivity index (χ0) is 30.9. The van der Waals surface area contributed by atoms with Crippen molar-refractivity contribution in [3.05, 3.63) is 59.1 Å². The minimum atomic E-state index is -4.87. The molecule has 1 N–H and O–H groups in total. The van der Waals surface area contributed by atoms with Crippen molar-refractivity contribution in [2.24, 2.45) is 11.8 Å². The molecular formula is C29H39ClF3N3O5S. The summed E-state index contributed by atoms with van der Waals surface area (Å²) < 4.78 is 72.3. The number of nitrogens with one attached hydrogen (secondary N) is 1. The van der Waals surface area contributed by atoms with E-state index in [1.54, 1.807) is 0 Å². The zero-order valence-corrected chi connectivity index (χ0v) is 25.6. The lowest BCUT2D eigenvalue weighted by atomic mass is 9.75. The molecule has 1 atom stereocenters. The molecule has 42 heavy (non-hydrogen) atoms. The van der Waals surface area contributed by atoms with E-state index in [1.807, 2.05) is 12.1 Å². The SMILES string of the molecule is CN(C)C(c1ccc(Cl)cc1)C1CCC(CCNC(=O)COCCN(C)S(=O)(=O)c2ccc(OC(F)(F)F)cc2)CC1. The monoisotopic (exact) mass is 633 g/mol. The first kappa shape index (κ1) is 34.1. The number of hydrogen-bond donors (Lipinski definition) is 1. The number of likely N-dealkylation sites (N-methyl/N-ethyl adjacent to an activating group) is 1. The van der Waals surface area contributed by atoms with E-state index in [0.717, 1.165) is 65.7 Å². The smallest absolute Gasteiger partial charge is 0.406 e. The maximum atomic E-state index is 12.6. The van der Waals surface area contributed by atoms with Gasteiger partial charge in [0.2, 0.25) is 15.9 Å². The van der Waals surface area contributed by atoms with Gasteiger partial charge in [0, 0.05) is 31.2 Å². The lowest BCUT2D eigenvalue weighted by Crippen LogP contribution is -2.34. The average molecular weight is 634 g/mol. The van der Waals surface area contributed by atoms with Gasteiger partial charge in [-0.15, -0.1) is 13.2 Å². The van der Waals surface area contributed by atoms with Gasteiger partial charge in [-0.1, -0.05) is 36.6 Å². The number of rotatable bonds is 14. The summed E-state index contributed by atoms with van der Waals surface area (Å²) in [6.07, 6.45) is 0.473. The molecule has 2 aromatic carbocycles. The van der Waals surface area contributed by atoms with Gasteiger partial charge in [-0.05, 0) is 87.2 Å². The first-order valence-electron chi connectivity index (χ1n) is 13.8. The highest BCUT2D eigenvalue weighted by molar-refractivity contribution is 7.89. The van der Waals surface area contributed by atoms with E-state index in [2.05, 4.69) is 41.2 Å². The first-order chi connectivity index (χ1) is 19.8. The van der Waals surface area contributed by atoms with Crippen LogP contribution in [-0.2, 0) is 19.6 Å². The van der Waals surface area contributed by atoms with Gasteiger partial charge in [-0.3, -0.25) is 4.79 Å². The number of ether oxygens (including phenoxy) is 2. The van der Waals surface area contributed by atoms with Crippen molar-refractivity contribution in [1.29, 1.82) is 0 Å². The van der Waals surface area contributed by atoms with Gasteiger partial charge in [0.1, 0.15) is 12.4 Å². The van der Waals surface area contributed by atoms with E-state index >= 15 is 0 Å². The van der Waals surface area contributed by atoms with Crippen molar-refractivity contribution in [3.63, 3.8) is 0 Å². The Balaban J connectivity index is 1.32. The Bertz CT molecular complexity index is 1240. The van der Waals surface area contributed by atoms with Crippen LogP contribution in [0.2, 0.25) is 5.02 Å². The lowest BCUT2D eigenvalue weighted by molar-refractivity contribution is -0.274. The number of amides is 1. The molecule has 0 aliphatic heterocycles. The Morgan fingerprint density at radius 1 is 1.02 bits per heavy atom. The van der Waals surface area contributed by atoms with Crippen molar-refractivity contribution in [1.82, 2.24) is 14.5 Å². The second-order valence-corrected chi connectivity index (χ2v) is 13.3. The fraction of sp³-hybridized carbons (Fsp3) is 0.552. The third-order valence-corrected chi connectivity index (χ3v) is 9.65. The van der Waals surface area contributed by atoms with E-state index in [-0.39, 0.29) is 30.6 Å². The summed E-state index contributed by atoms with van der Waals surface area (Å²) >= 11 is 6.07. The van der Waals surface area contributed by atoms with Crippen LogP contribution in [0, 0.1) is 11.8 Å². The van der Waals surface area contributed by atoms with Crippen LogP contribution in [0.3, 0.4) is 0 Å². The molecule has 0 saturated heterocycles. The van der Waals surface area contributed by atoms with Crippen LogP contribution in [0.4, 0.5) is 13.2 Å². The van der Waals surface area contributed by atoms with Crippen LogP contribution in [0.15, 0.2) is 53.4 Å². The molecular weight excluding hydrogens is 595 g/mol. The van der Waals surface area contributed by atoms with Gasteiger partial charge < -0.3 is 19.7 Å². The molecule has 0 radical (unpaired) electrons. The highest BCUT2D eigenvalue weighted by atomic mass is 35.5. The molecule has 234 valence electrons. The molecule has 1 saturated carbocycles. The van der Waals surface area contributed by atoms with E-state index in [9.17, 15) is 26.4 Å². The molecule has 2 aromatic rings. The van der Waals surface area contributed by atoms with Gasteiger partial charge in [0.15, 0.2) is 0 Å². The second kappa shape index (κ2) is 15.4. The molecule has 3 rings (SSSR count). The number of nitrogens with zero attached hydrogens (tertiary/aromatic N) is 2. The third kappa shape index (κ3) is 10.4. The van der Waals surface area contributed by atoms with Crippen molar-refractivity contribution >= 4 is 27.5 Å². The van der Waals surface area contributed by atoms with E-state index in [1.165, 1.54) is 12.6 Å². The van der Waals surface area contributed by atoms with Crippen LogP contribution >= 0.6 is 11.6 Å². The quantitative estimate of drug-likeness (QED) is 0.277. The van der Waals surface area contributed by atoms with Gasteiger partial charge in [-0.25, -0.2) is 8.42 Å².